The Balaban J connectivity index is 1.48. The molecular formula is C32H33NO7. The number of nitrogens with zero attached hydrogens (tertiary/aromatic N) is 1. The highest BCUT2D eigenvalue weighted by Gasteiger charge is 2.33. The van der Waals surface area contributed by atoms with Crippen LogP contribution < -0.4 is 24.6 Å². The van der Waals surface area contributed by atoms with Crippen molar-refractivity contribution in [3.63, 3.8) is 0 Å². The first-order valence-corrected chi connectivity index (χ1v) is 13.5. The first-order valence-electron chi connectivity index (χ1n) is 13.5. The summed E-state index contributed by atoms with van der Waals surface area (Å²) < 4.78 is 28.5. The minimum absolute atomic E-state index is 0.119. The topological polar surface area (TPSA) is 87.4 Å². The van der Waals surface area contributed by atoms with Crippen molar-refractivity contribution >= 4 is 16.9 Å². The number of ether oxygens (including phenoxy) is 4. The van der Waals surface area contributed by atoms with Gasteiger partial charge in [0.15, 0.2) is 11.5 Å². The average molecular weight is 544 g/mol. The number of unbranched alkanes of at least 4 members (excludes halogenated alkanes) is 1. The molecule has 0 saturated carbocycles. The molecule has 8 nitrogen and oxygen atoms in total. The zero-order valence-corrected chi connectivity index (χ0v) is 23.0. The second-order valence-corrected chi connectivity index (χ2v) is 9.63. The van der Waals surface area contributed by atoms with E-state index in [9.17, 15) is 9.59 Å². The van der Waals surface area contributed by atoms with Gasteiger partial charge >= 0.3 is 5.63 Å². The first kappa shape index (κ1) is 27.1. The van der Waals surface area contributed by atoms with Crippen molar-refractivity contribution in [2.75, 3.05) is 34.0 Å². The fourth-order valence-electron chi connectivity index (χ4n) is 5.01. The number of rotatable bonds is 10. The summed E-state index contributed by atoms with van der Waals surface area (Å²) in [6.07, 6.45) is 2.67. The monoisotopic (exact) mass is 543 g/mol. The van der Waals surface area contributed by atoms with Crippen LogP contribution in [-0.2, 0) is 6.42 Å². The quantitative estimate of drug-likeness (QED) is 0.184. The lowest BCUT2D eigenvalue weighted by Crippen LogP contribution is -2.42. The summed E-state index contributed by atoms with van der Waals surface area (Å²) >= 11 is 0. The second kappa shape index (κ2) is 12.2. The van der Waals surface area contributed by atoms with E-state index < -0.39 is 11.7 Å². The van der Waals surface area contributed by atoms with Crippen molar-refractivity contribution in [3.05, 3.63) is 93.8 Å². The molecule has 0 N–H and O–H groups in total. The highest BCUT2D eigenvalue weighted by molar-refractivity contribution is 5.95. The maximum atomic E-state index is 13.9. The summed E-state index contributed by atoms with van der Waals surface area (Å²) in [4.78, 5) is 27.9. The molecule has 0 bridgehead atoms. The Kier molecular flexibility index (Phi) is 8.24. The molecule has 0 aliphatic carbocycles. The van der Waals surface area contributed by atoms with Crippen molar-refractivity contribution in [1.82, 2.24) is 4.90 Å². The molecule has 1 aliphatic heterocycles. The molecule has 3 aromatic carbocycles. The Labute approximate surface area is 233 Å². The summed E-state index contributed by atoms with van der Waals surface area (Å²) in [5.41, 5.74) is 2.45. The van der Waals surface area contributed by atoms with Gasteiger partial charge in [-0.3, -0.25) is 4.79 Å². The number of methoxy groups -OCH3 is 2. The van der Waals surface area contributed by atoms with Crippen LogP contribution in [0, 0.1) is 0 Å². The van der Waals surface area contributed by atoms with Gasteiger partial charge in [-0.1, -0.05) is 25.5 Å². The SMILES string of the molecule is CCCCOc1ccc(C(=O)N2CCc3cc(OC)c(OC)cc3C2COc2cc(=O)oc3ccccc23)cc1. The number of hydrogen-bond acceptors (Lipinski definition) is 7. The molecule has 0 radical (unpaired) electrons. The van der Waals surface area contributed by atoms with Gasteiger partial charge in [0.05, 0.1) is 38.3 Å². The number of amides is 1. The van der Waals surface area contributed by atoms with E-state index in [-0.39, 0.29) is 12.5 Å². The smallest absolute Gasteiger partial charge is 0.339 e. The van der Waals surface area contributed by atoms with E-state index in [1.165, 1.54) is 6.07 Å². The normalized spacial score (nSPS) is 14.5. The molecule has 4 aromatic rings. The van der Waals surface area contributed by atoms with Crippen molar-refractivity contribution in [1.29, 1.82) is 0 Å². The standard InChI is InChI=1S/C32H33NO7/c1-4-5-16-38-23-12-10-21(11-13-23)32(35)33-15-14-22-17-29(36-2)30(37-3)18-25(22)26(33)20-39-28-19-31(34)40-27-9-7-6-8-24(27)28/h6-13,17-19,26H,4-5,14-16,20H2,1-3H3. The van der Waals surface area contributed by atoms with Crippen molar-refractivity contribution in [2.24, 2.45) is 0 Å². The van der Waals surface area contributed by atoms with Gasteiger partial charge in [-0.25, -0.2) is 4.79 Å². The molecule has 1 aromatic heterocycles. The lowest BCUT2D eigenvalue weighted by molar-refractivity contribution is 0.0590. The first-order chi connectivity index (χ1) is 19.5. The summed E-state index contributed by atoms with van der Waals surface area (Å²) in [6, 6.07) is 19.2. The van der Waals surface area contributed by atoms with Crippen LogP contribution in [0.15, 0.2) is 75.9 Å². The zero-order chi connectivity index (χ0) is 28.1. The third-order valence-corrected chi connectivity index (χ3v) is 7.14. The molecule has 0 spiro atoms. The van der Waals surface area contributed by atoms with Crippen LogP contribution >= 0.6 is 0 Å². The lowest BCUT2D eigenvalue weighted by Gasteiger charge is -2.37. The van der Waals surface area contributed by atoms with Gasteiger partial charge in [0.1, 0.15) is 23.7 Å². The van der Waals surface area contributed by atoms with Crippen LogP contribution in [0.4, 0.5) is 0 Å². The number of carbonyl (C=O) groups is 1. The Morgan fingerprint density at radius 2 is 1.70 bits per heavy atom. The lowest BCUT2D eigenvalue weighted by atomic mass is 9.91. The largest absolute Gasteiger partial charge is 0.494 e. The molecule has 1 aliphatic rings. The molecule has 5 rings (SSSR count). The van der Waals surface area contributed by atoms with Gasteiger partial charge in [-0.2, -0.15) is 0 Å². The molecule has 0 fully saturated rings. The summed E-state index contributed by atoms with van der Waals surface area (Å²) in [6.45, 7) is 3.37. The Morgan fingerprint density at radius 1 is 0.950 bits per heavy atom. The molecule has 2 heterocycles. The maximum absolute atomic E-state index is 13.9. The summed E-state index contributed by atoms with van der Waals surface area (Å²) in [7, 11) is 3.19. The van der Waals surface area contributed by atoms with E-state index in [1.807, 2.05) is 41.3 Å². The van der Waals surface area contributed by atoms with E-state index >= 15 is 0 Å². The Bertz CT molecular complexity index is 1540. The van der Waals surface area contributed by atoms with Gasteiger partial charge < -0.3 is 28.3 Å². The molecule has 1 atom stereocenters. The molecule has 208 valence electrons. The van der Waals surface area contributed by atoms with Gasteiger partial charge in [0.25, 0.3) is 5.91 Å². The third kappa shape index (κ3) is 5.61. The minimum Gasteiger partial charge on any atom is -0.494 e. The van der Waals surface area contributed by atoms with E-state index in [0.29, 0.717) is 53.4 Å². The van der Waals surface area contributed by atoms with Gasteiger partial charge in [0.2, 0.25) is 0 Å². The highest BCUT2D eigenvalue weighted by Crippen LogP contribution is 2.39. The molecule has 40 heavy (non-hydrogen) atoms. The van der Waals surface area contributed by atoms with Crippen LogP contribution in [0.1, 0.15) is 47.3 Å². The summed E-state index contributed by atoms with van der Waals surface area (Å²) in [5.74, 6) is 2.22. The van der Waals surface area contributed by atoms with Gasteiger partial charge in [-0.15, -0.1) is 0 Å². The van der Waals surface area contributed by atoms with Gasteiger partial charge in [0, 0.05) is 12.1 Å². The van der Waals surface area contributed by atoms with Crippen molar-refractivity contribution in [2.45, 2.75) is 32.2 Å². The maximum Gasteiger partial charge on any atom is 0.339 e. The molecule has 8 heteroatoms. The van der Waals surface area contributed by atoms with E-state index in [1.54, 1.807) is 38.5 Å². The fraction of sp³-hybridized carbons (Fsp3) is 0.312. The Morgan fingerprint density at radius 3 is 2.45 bits per heavy atom. The van der Waals surface area contributed by atoms with Crippen LogP contribution in [-0.4, -0.2) is 44.8 Å². The zero-order valence-electron chi connectivity index (χ0n) is 23.0. The summed E-state index contributed by atoms with van der Waals surface area (Å²) in [5, 5.41) is 0.682. The van der Waals surface area contributed by atoms with Crippen LogP contribution in [0.25, 0.3) is 11.0 Å². The van der Waals surface area contributed by atoms with E-state index in [0.717, 1.165) is 29.7 Å². The number of para-hydroxylation sites is 1. The van der Waals surface area contributed by atoms with Crippen LogP contribution in [0.2, 0.25) is 0 Å². The van der Waals surface area contributed by atoms with Crippen LogP contribution in [0.5, 0.6) is 23.0 Å². The molecule has 1 unspecified atom stereocenters. The average Bonchev–Trinajstić information content (AvgIpc) is 2.98. The molecule has 0 saturated heterocycles. The van der Waals surface area contributed by atoms with Crippen molar-refractivity contribution in [3.8, 4) is 23.0 Å². The highest BCUT2D eigenvalue weighted by atomic mass is 16.5. The predicted octanol–water partition coefficient (Wildman–Crippen LogP) is 5.81. The number of fused-ring (bicyclic) bond motifs is 2. The number of carbonyl (C=O) groups excluding carboxylic acids is 1. The van der Waals surface area contributed by atoms with Crippen LogP contribution in [0.3, 0.4) is 0 Å². The molecular weight excluding hydrogens is 510 g/mol. The van der Waals surface area contributed by atoms with E-state index in [4.69, 9.17) is 23.4 Å². The van der Waals surface area contributed by atoms with Crippen molar-refractivity contribution < 1.29 is 28.2 Å². The fourth-order valence-corrected chi connectivity index (χ4v) is 5.01. The van der Waals surface area contributed by atoms with Gasteiger partial charge in [-0.05, 0) is 72.5 Å². The van der Waals surface area contributed by atoms with E-state index in [2.05, 4.69) is 6.92 Å². The second-order valence-electron chi connectivity index (χ2n) is 9.63. The third-order valence-electron chi connectivity index (χ3n) is 7.14. The minimum atomic E-state index is -0.502. The predicted molar refractivity (Wildman–Crippen MR) is 152 cm³/mol. The Hall–Kier alpha value is -4.46. The molecule has 1 amide bonds. The number of hydrogen-bond donors (Lipinski definition) is 0. The number of benzene rings is 3.